The van der Waals surface area contributed by atoms with Crippen molar-refractivity contribution >= 4 is 44.6 Å². The van der Waals surface area contributed by atoms with E-state index in [1.807, 2.05) is 11.4 Å². The van der Waals surface area contributed by atoms with Gasteiger partial charge >= 0.3 is 5.97 Å². The predicted octanol–water partition coefficient (Wildman–Crippen LogP) is 3.75. The maximum Gasteiger partial charge on any atom is 0.338 e. The summed E-state index contributed by atoms with van der Waals surface area (Å²) in [5.41, 5.74) is -0.185. The average molecular weight is 371 g/mol. The van der Waals surface area contributed by atoms with E-state index in [1.54, 1.807) is 11.9 Å². The highest BCUT2D eigenvalue weighted by Gasteiger charge is 2.24. The topological polar surface area (TPSA) is 83.7 Å². The summed E-state index contributed by atoms with van der Waals surface area (Å²) in [4.78, 5) is 24.4. The highest BCUT2D eigenvalue weighted by atomic mass is 79.9. The third-order valence-corrected chi connectivity index (χ3v) is 4.52. The summed E-state index contributed by atoms with van der Waals surface area (Å²) in [5, 5.41) is 22.3. The lowest BCUT2D eigenvalue weighted by atomic mass is 10.1. The fraction of sp³-hybridized carbons (Fsp3) is 0.154. The minimum Gasteiger partial charge on any atom is -0.478 e. The van der Waals surface area contributed by atoms with Gasteiger partial charge in [-0.3, -0.25) is 10.1 Å². The third-order valence-electron chi connectivity index (χ3n) is 2.84. The first-order valence-corrected chi connectivity index (χ1v) is 7.52. The summed E-state index contributed by atoms with van der Waals surface area (Å²) in [6.45, 7) is 0.390. The first kappa shape index (κ1) is 15.5. The molecule has 8 heteroatoms. The van der Waals surface area contributed by atoms with Crippen LogP contribution < -0.4 is 4.90 Å². The number of para-hydroxylation sites is 1. The number of carbonyl (C=O) groups is 1. The zero-order valence-electron chi connectivity index (χ0n) is 10.9. The number of aromatic carboxylic acids is 1. The Balaban J connectivity index is 2.44. The quantitative estimate of drug-likeness (QED) is 0.639. The Morgan fingerprint density at radius 1 is 1.52 bits per heavy atom. The van der Waals surface area contributed by atoms with Crippen molar-refractivity contribution < 1.29 is 14.8 Å². The van der Waals surface area contributed by atoms with Crippen LogP contribution in [0.15, 0.2) is 34.1 Å². The lowest BCUT2D eigenvalue weighted by Crippen LogP contribution is -2.20. The smallest absolute Gasteiger partial charge is 0.338 e. The summed E-state index contributed by atoms with van der Waals surface area (Å²) >= 11 is 4.84. The Bertz CT molecular complexity index is 669. The van der Waals surface area contributed by atoms with E-state index in [-0.39, 0.29) is 16.9 Å². The van der Waals surface area contributed by atoms with E-state index in [1.165, 1.54) is 29.5 Å². The van der Waals surface area contributed by atoms with Gasteiger partial charge in [0.05, 0.1) is 17.0 Å². The summed E-state index contributed by atoms with van der Waals surface area (Å²) < 4.78 is 0.928. The molecule has 1 aromatic heterocycles. The minimum absolute atomic E-state index is 0.0812. The van der Waals surface area contributed by atoms with Crippen LogP contribution in [0.1, 0.15) is 15.2 Å². The lowest BCUT2D eigenvalue weighted by Gasteiger charge is -2.20. The second-order valence-corrected chi connectivity index (χ2v) is 6.23. The Morgan fingerprint density at radius 2 is 2.24 bits per heavy atom. The molecule has 0 saturated heterocycles. The molecule has 0 aliphatic heterocycles. The van der Waals surface area contributed by atoms with Crippen LogP contribution in [-0.4, -0.2) is 23.0 Å². The van der Waals surface area contributed by atoms with Crippen LogP contribution in [0.25, 0.3) is 0 Å². The van der Waals surface area contributed by atoms with Gasteiger partial charge in [-0.05, 0) is 28.1 Å². The average Bonchev–Trinajstić information content (AvgIpc) is 2.82. The summed E-state index contributed by atoms with van der Waals surface area (Å²) in [7, 11) is 1.64. The molecular formula is C13H11BrN2O4S. The maximum absolute atomic E-state index is 11.3. The summed E-state index contributed by atoms with van der Waals surface area (Å²) in [5.74, 6) is -1.19. The molecule has 1 heterocycles. The highest BCUT2D eigenvalue weighted by Crippen LogP contribution is 2.33. The fourth-order valence-corrected chi connectivity index (χ4v) is 3.51. The number of carboxylic acid groups (broad SMARTS) is 1. The Morgan fingerprint density at radius 3 is 2.76 bits per heavy atom. The molecule has 21 heavy (non-hydrogen) atoms. The van der Waals surface area contributed by atoms with Crippen molar-refractivity contribution in [3.8, 4) is 0 Å². The maximum atomic E-state index is 11.3. The van der Waals surface area contributed by atoms with Crippen molar-refractivity contribution in [1.29, 1.82) is 0 Å². The molecule has 0 aliphatic rings. The lowest BCUT2D eigenvalue weighted by molar-refractivity contribution is -0.384. The zero-order chi connectivity index (χ0) is 15.6. The van der Waals surface area contributed by atoms with Gasteiger partial charge in [0.2, 0.25) is 0 Å². The number of halogens is 1. The van der Waals surface area contributed by atoms with Crippen molar-refractivity contribution in [3.05, 3.63) is 54.7 Å². The Hall–Kier alpha value is -1.93. The van der Waals surface area contributed by atoms with Crippen LogP contribution in [0, 0.1) is 10.1 Å². The SMILES string of the molecule is CN(Cc1cc(Br)cs1)c1c(C(=O)O)cccc1[N+](=O)[O-]. The van der Waals surface area contributed by atoms with Gasteiger partial charge in [0.1, 0.15) is 5.69 Å². The van der Waals surface area contributed by atoms with Gasteiger partial charge in [-0.2, -0.15) is 0 Å². The number of thiophene rings is 1. The third kappa shape index (κ3) is 3.40. The van der Waals surface area contributed by atoms with Crippen LogP contribution in [0.3, 0.4) is 0 Å². The van der Waals surface area contributed by atoms with Crippen LogP contribution in [0.4, 0.5) is 11.4 Å². The van der Waals surface area contributed by atoms with E-state index >= 15 is 0 Å². The number of nitro groups is 1. The predicted molar refractivity (Wildman–Crippen MR) is 84.2 cm³/mol. The second kappa shape index (κ2) is 6.23. The number of anilines is 1. The molecule has 0 atom stereocenters. The van der Waals surface area contributed by atoms with E-state index < -0.39 is 10.9 Å². The van der Waals surface area contributed by atoms with Crippen molar-refractivity contribution in [1.82, 2.24) is 0 Å². The van der Waals surface area contributed by atoms with E-state index in [9.17, 15) is 20.0 Å². The molecule has 0 amide bonds. The number of rotatable bonds is 5. The van der Waals surface area contributed by atoms with Crippen molar-refractivity contribution in [2.24, 2.45) is 0 Å². The molecule has 0 fully saturated rings. The van der Waals surface area contributed by atoms with Gasteiger partial charge in [-0.1, -0.05) is 6.07 Å². The van der Waals surface area contributed by atoms with Gasteiger partial charge in [0, 0.05) is 27.8 Å². The number of carboxylic acids is 1. The van der Waals surface area contributed by atoms with Gasteiger partial charge < -0.3 is 10.0 Å². The Labute approximate surface area is 132 Å². The van der Waals surface area contributed by atoms with Crippen LogP contribution >= 0.6 is 27.3 Å². The monoisotopic (exact) mass is 370 g/mol. The second-order valence-electron chi connectivity index (χ2n) is 4.32. The number of nitrogens with zero attached hydrogens (tertiary/aromatic N) is 2. The number of benzene rings is 1. The minimum atomic E-state index is -1.19. The highest BCUT2D eigenvalue weighted by molar-refractivity contribution is 9.10. The van der Waals surface area contributed by atoms with E-state index in [0.29, 0.717) is 6.54 Å². The van der Waals surface area contributed by atoms with E-state index in [0.717, 1.165) is 9.35 Å². The molecule has 0 spiro atoms. The molecule has 0 unspecified atom stereocenters. The molecule has 6 nitrogen and oxygen atoms in total. The molecule has 0 bridgehead atoms. The molecule has 2 rings (SSSR count). The summed E-state index contributed by atoms with van der Waals surface area (Å²) in [6, 6.07) is 5.95. The molecule has 0 aliphatic carbocycles. The van der Waals surface area contributed by atoms with E-state index in [4.69, 9.17) is 0 Å². The first-order valence-electron chi connectivity index (χ1n) is 5.85. The van der Waals surface area contributed by atoms with Crippen LogP contribution in [0.2, 0.25) is 0 Å². The van der Waals surface area contributed by atoms with Crippen LogP contribution in [0.5, 0.6) is 0 Å². The van der Waals surface area contributed by atoms with Crippen molar-refractivity contribution in [2.45, 2.75) is 6.54 Å². The van der Waals surface area contributed by atoms with Gasteiger partial charge in [-0.25, -0.2) is 4.79 Å². The van der Waals surface area contributed by atoms with Gasteiger partial charge in [0.15, 0.2) is 0 Å². The normalized spacial score (nSPS) is 10.4. The molecule has 110 valence electrons. The zero-order valence-corrected chi connectivity index (χ0v) is 13.3. The number of hydrogen-bond acceptors (Lipinski definition) is 5. The van der Waals surface area contributed by atoms with Crippen molar-refractivity contribution in [3.63, 3.8) is 0 Å². The molecule has 0 saturated carbocycles. The molecule has 0 radical (unpaired) electrons. The van der Waals surface area contributed by atoms with Gasteiger partial charge in [-0.15, -0.1) is 11.3 Å². The van der Waals surface area contributed by atoms with Crippen LogP contribution in [-0.2, 0) is 6.54 Å². The first-order chi connectivity index (χ1) is 9.90. The Kier molecular flexibility index (Phi) is 4.59. The standard InChI is InChI=1S/C13H11BrN2O4S/c1-15(6-9-5-8(14)7-21-9)12-10(13(17)18)3-2-4-11(12)16(19)20/h2-5,7H,6H2,1H3,(H,17,18). The van der Waals surface area contributed by atoms with E-state index in [2.05, 4.69) is 15.9 Å². The molecule has 2 aromatic rings. The molecule has 1 aromatic carbocycles. The number of nitro benzene ring substituents is 1. The largest absolute Gasteiger partial charge is 0.478 e. The molecule has 1 N–H and O–H groups in total. The number of hydrogen-bond donors (Lipinski definition) is 1. The fourth-order valence-electron chi connectivity index (χ4n) is 2.00. The van der Waals surface area contributed by atoms with Gasteiger partial charge in [0.25, 0.3) is 5.69 Å². The molecular weight excluding hydrogens is 360 g/mol. The van der Waals surface area contributed by atoms with Crippen molar-refractivity contribution in [2.75, 3.05) is 11.9 Å². The summed E-state index contributed by atoms with van der Waals surface area (Å²) in [6.07, 6.45) is 0.